The minimum absolute atomic E-state index is 0.360. The van der Waals surface area contributed by atoms with Gasteiger partial charge < -0.3 is 14.6 Å². The maximum absolute atomic E-state index is 5.66. The summed E-state index contributed by atoms with van der Waals surface area (Å²) >= 11 is 0. The van der Waals surface area contributed by atoms with E-state index in [0.717, 1.165) is 17.4 Å². The van der Waals surface area contributed by atoms with Crippen LogP contribution in [0, 0.1) is 19.8 Å². The number of nitrogens with zero attached hydrogens (tertiary/aromatic N) is 1. The molecule has 0 aromatic carbocycles. The molecule has 1 N–H and O–H groups in total. The highest BCUT2D eigenvalue weighted by molar-refractivity contribution is 5.23. The first-order valence-electron chi connectivity index (χ1n) is 8.56. The highest BCUT2D eigenvalue weighted by Crippen LogP contribution is 2.25. The van der Waals surface area contributed by atoms with E-state index in [1.165, 1.54) is 44.5 Å². The SMILES string of the molecule is CCCN1CCCC(C(C)NC(C)c2cc(C)oc2C)C1. The molecule has 3 heteroatoms. The largest absolute Gasteiger partial charge is 0.466 e. The van der Waals surface area contributed by atoms with Crippen LogP contribution in [-0.4, -0.2) is 30.6 Å². The van der Waals surface area contributed by atoms with Crippen LogP contribution in [-0.2, 0) is 0 Å². The molecule has 0 bridgehead atoms. The van der Waals surface area contributed by atoms with Crippen molar-refractivity contribution in [1.82, 2.24) is 10.2 Å². The molecule has 2 heterocycles. The Labute approximate surface area is 130 Å². The Bertz CT molecular complexity index is 438. The van der Waals surface area contributed by atoms with Crippen LogP contribution in [0.5, 0.6) is 0 Å². The lowest BCUT2D eigenvalue weighted by atomic mass is 9.90. The highest BCUT2D eigenvalue weighted by atomic mass is 16.3. The Morgan fingerprint density at radius 3 is 2.76 bits per heavy atom. The van der Waals surface area contributed by atoms with Gasteiger partial charge in [-0.05, 0) is 72.0 Å². The molecule has 0 saturated carbocycles. The molecule has 1 aliphatic rings. The number of aryl methyl sites for hydroxylation is 2. The average Bonchev–Trinajstić information content (AvgIpc) is 2.78. The van der Waals surface area contributed by atoms with E-state index >= 15 is 0 Å². The number of furan rings is 1. The van der Waals surface area contributed by atoms with Gasteiger partial charge in [0.25, 0.3) is 0 Å². The van der Waals surface area contributed by atoms with Gasteiger partial charge in [0, 0.05) is 24.2 Å². The van der Waals surface area contributed by atoms with Crippen LogP contribution < -0.4 is 5.32 Å². The highest BCUT2D eigenvalue weighted by Gasteiger charge is 2.25. The summed E-state index contributed by atoms with van der Waals surface area (Å²) in [5.74, 6) is 2.83. The Balaban J connectivity index is 1.91. The van der Waals surface area contributed by atoms with Gasteiger partial charge >= 0.3 is 0 Å². The molecule has 1 fully saturated rings. The average molecular weight is 292 g/mol. The lowest BCUT2D eigenvalue weighted by Crippen LogP contribution is -2.45. The molecule has 1 saturated heterocycles. The Hall–Kier alpha value is -0.800. The lowest BCUT2D eigenvalue weighted by Gasteiger charge is -2.37. The molecule has 3 unspecified atom stereocenters. The summed E-state index contributed by atoms with van der Waals surface area (Å²) in [5.41, 5.74) is 1.31. The quantitative estimate of drug-likeness (QED) is 0.857. The molecular weight excluding hydrogens is 260 g/mol. The van der Waals surface area contributed by atoms with Gasteiger partial charge in [0.2, 0.25) is 0 Å². The standard InChI is InChI=1S/C18H32N2O/c1-6-9-20-10-7-8-17(12-20)14(3)19-15(4)18-11-13(2)21-16(18)5/h11,14-15,17,19H,6-10,12H2,1-5H3. The van der Waals surface area contributed by atoms with Gasteiger partial charge in [-0.1, -0.05) is 6.92 Å². The minimum atomic E-state index is 0.360. The van der Waals surface area contributed by atoms with Crippen molar-refractivity contribution >= 4 is 0 Å². The molecule has 1 aromatic heterocycles. The first kappa shape index (κ1) is 16.6. The van der Waals surface area contributed by atoms with Crippen molar-refractivity contribution in [3.63, 3.8) is 0 Å². The summed E-state index contributed by atoms with van der Waals surface area (Å²) < 4.78 is 5.66. The zero-order valence-corrected chi connectivity index (χ0v) is 14.4. The van der Waals surface area contributed by atoms with Crippen LogP contribution in [0.15, 0.2) is 10.5 Å². The zero-order valence-electron chi connectivity index (χ0n) is 14.4. The molecule has 0 radical (unpaired) electrons. The second-order valence-electron chi connectivity index (χ2n) is 6.75. The smallest absolute Gasteiger partial charge is 0.105 e. The first-order chi connectivity index (χ1) is 10.0. The molecule has 1 aromatic rings. The van der Waals surface area contributed by atoms with Crippen molar-refractivity contribution in [2.45, 2.75) is 66.0 Å². The second-order valence-corrected chi connectivity index (χ2v) is 6.75. The van der Waals surface area contributed by atoms with E-state index in [4.69, 9.17) is 4.42 Å². The third-order valence-corrected chi connectivity index (χ3v) is 4.85. The first-order valence-corrected chi connectivity index (χ1v) is 8.56. The number of piperidine rings is 1. The van der Waals surface area contributed by atoms with Gasteiger partial charge in [-0.25, -0.2) is 0 Å². The topological polar surface area (TPSA) is 28.4 Å². The van der Waals surface area contributed by atoms with Crippen molar-refractivity contribution in [3.8, 4) is 0 Å². The van der Waals surface area contributed by atoms with Crippen molar-refractivity contribution in [2.24, 2.45) is 5.92 Å². The van der Waals surface area contributed by atoms with Gasteiger partial charge in [-0.2, -0.15) is 0 Å². The predicted molar refractivity (Wildman–Crippen MR) is 88.6 cm³/mol. The lowest BCUT2D eigenvalue weighted by molar-refractivity contribution is 0.147. The van der Waals surface area contributed by atoms with Gasteiger partial charge in [0.15, 0.2) is 0 Å². The predicted octanol–water partition coefficient (Wildman–Crippen LogP) is 4.06. The van der Waals surface area contributed by atoms with Crippen molar-refractivity contribution in [1.29, 1.82) is 0 Å². The summed E-state index contributed by atoms with van der Waals surface area (Å²) in [6.07, 6.45) is 3.96. The van der Waals surface area contributed by atoms with E-state index in [-0.39, 0.29) is 0 Å². The van der Waals surface area contributed by atoms with Gasteiger partial charge in [-0.15, -0.1) is 0 Å². The van der Waals surface area contributed by atoms with E-state index in [0.29, 0.717) is 12.1 Å². The normalized spacial score (nSPS) is 23.2. The molecular formula is C18H32N2O. The van der Waals surface area contributed by atoms with E-state index < -0.39 is 0 Å². The molecule has 0 amide bonds. The molecule has 2 rings (SSSR count). The number of hydrogen-bond acceptors (Lipinski definition) is 3. The van der Waals surface area contributed by atoms with E-state index in [1.54, 1.807) is 0 Å². The number of rotatable bonds is 6. The van der Waals surface area contributed by atoms with Crippen LogP contribution in [0.1, 0.15) is 63.2 Å². The third kappa shape index (κ3) is 4.33. The van der Waals surface area contributed by atoms with E-state index in [9.17, 15) is 0 Å². The molecule has 0 spiro atoms. The van der Waals surface area contributed by atoms with Gasteiger partial charge in [0.1, 0.15) is 11.5 Å². The monoisotopic (exact) mass is 292 g/mol. The van der Waals surface area contributed by atoms with Crippen molar-refractivity contribution in [2.75, 3.05) is 19.6 Å². The third-order valence-electron chi connectivity index (χ3n) is 4.85. The summed E-state index contributed by atoms with van der Waals surface area (Å²) in [4.78, 5) is 2.63. The fourth-order valence-electron chi connectivity index (χ4n) is 3.72. The van der Waals surface area contributed by atoms with Gasteiger partial charge in [-0.3, -0.25) is 0 Å². The minimum Gasteiger partial charge on any atom is -0.466 e. The maximum atomic E-state index is 5.66. The number of likely N-dealkylation sites (tertiary alicyclic amines) is 1. The molecule has 0 aliphatic carbocycles. The molecule has 3 nitrogen and oxygen atoms in total. The Morgan fingerprint density at radius 2 is 2.14 bits per heavy atom. The fraction of sp³-hybridized carbons (Fsp3) is 0.778. The van der Waals surface area contributed by atoms with E-state index in [2.05, 4.69) is 44.0 Å². The van der Waals surface area contributed by atoms with Crippen LogP contribution in [0.2, 0.25) is 0 Å². The second kappa shape index (κ2) is 7.46. The summed E-state index contributed by atoms with van der Waals surface area (Å²) in [6, 6.07) is 3.08. The summed E-state index contributed by atoms with van der Waals surface area (Å²) in [7, 11) is 0. The fourth-order valence-corrected chi connectivity index (χ4v) is 3.72. The zero-order chi connectivity index (χ0) is 15.4. The Morgan fingerprint density at radius 1 is 1.38 bits per heavy atom. The van der Waals surface area contributed by atoms with Crippen LogP contribution >= 0.6 is 0 Å². The van der Waals surface area contributed by atoms with Gasteiger partial charge in [0.05, 0.1) is 0 Å². The summed E-state index contributed by atoms with van der Waals surface area (Å²) in [5, 5.41) is 3.80. The van der Waals surface area contributed by atoms with E-state index in [1.807, 2.05) is 6.92 Å². The molecule has 21 heavy (non-hydrogen) atoms. The van der Waals surface area contributed by atoms with Crippen LogP contribution in [0.25, 0.3) is 0 Å². The van der Waals surface area contributed by atoms with Crippen LogP contribution in [0.4, 0.5) is 0 Å². The number of hydrogen-bond donors (Lipinski definition) is 1. The summed E-state index contributed by atoms with van der Waals surface area (Å²) in [6.45, 7) is 14.7. The van der Waals surface area contributed by atoms with Crippen LogP contribution in [0.3, 0.4) is 0 Å². The molecule has 3 atom stereocenters. The number of nitrogens with one attached hydrogen (secondary N) is 1. The maximum Gasteiger partial charge on any atom is 0.105 e. The molecule has 1 aliphatic heterocycles. The molecule has 120 valence electrons. The Kier molecular flexibility index (Phi) is 5.88. The van der Waals surface area contributed by atoms with Crippen molar-refractivity contribution < 1.29 is 4.42 Å². The van der Waals surface area contributed by atoms with Crippen molar-refractivity contribution in [3.05, 3.63) is 23.2 Å².